The third-order valence-electron chi connectivity index (χ3n) is 7.27. The molecule has 1 atom stereocenters. The molecule has 1 amide bonds. The highest BCUT2D eigenvalue weighted by molar-refractivity contribution is 5.84. The van der Waals surface area contributed by atoms with Crippen molar-refractivity contribution in [3.05, 3.63) is 39.7 Å². The van der Waals surface area contributed by atoms with Crippen LogP contribution in [0.15, 0.2) is 27.4 Å². The van der Waals surface area contributed by atoms with Crippen LogP contribution in [0.3, 0.4) is 0 Å². The fraction of sp³-hybridized carbons (Fsp3) is 0.583. The van der Waals surface area contributed by atoms with Crippen molar-refractivity contribution in [2.75, 3.05) is 26.2 Å². The van der Waals surface area contributed by atoms with Gasteiger partial charge in [0.25, 0.3) is 5.91 Å². The molecular weight excluding hydrogens is 380 g/mol. The first-order chi connectivity index (χ1) is 14.5. The van der Waals surface area contributed by atoms with Crippen LogP contribution in [-0.2, 0) is 17.6 Å². The summed E-state index contributed by atoms with van der Waals surface area (Å²) in [5.74, 6) is 0.607. The van der Waals surface area contributed by atoms with Crippen LogP contribution in [0.5, 0.6) is 5.75 Å². The van der Waals surface area contributed by atoms with Gasteiger partial charge in [-0.1, -0.05) is 0 Å². The van der Waals surface area contributed by atoms with Crippen molar-refractivity contribution in [1.29, 1.82) is 0 Å². The Balaban J connectivity index is 1.31. The zero-order valence-corrected chi connectivity index (χ0v) is 17.7. The Hall–Kier alpha value is -2.34. The molecule has 2 aliphatic heterocycles. The second-order valence-electron chi connectivity index (χ2n) is 9.23. The quantitative estimate of drug-likeness (QED) is 0.788. The van der Waals surface area contributed by atoms with Gasteiger partial charge in [0.15, 0.2) is 6.10 Å². The molecule has 6 heteroatoms. The molecule has 30 heavy (non-hydrogen) atoms. The van der Waals surface area contributed by atoms with Crippen molar-refractivity contribution < 1.29 is 13.9 Å². The van der Waals surface area contributed by atoms with E-state index in [0.29, 0.717) is 11.3 Å². The van der Waals surface area contributed by atoms with Crippen LogP contribution < -0.4 is 15.7 Å². The number of fused-ring (bicyclic) bond motifs is 3. The van der Waals surface area contributed by atoms with Crippen LogP contribution in [0.2, 0.25) is 0 Å². The summed E-state index contributed by atoms with van der Waals surface area (Å²) in [5, 5.41) is 4.40. The molecule has 160 valence electrons. The van der Waals surface area contributed by atoms with Crippen LogP contribution in [0, 0.1) is 5.41 Å². The number of carbonyl (C=O) groups is 1. The Labute approximate surface area is 176 Å². The molecule has 0 saturated carbocycles. The molecular formula is C24H30N2O4. The summed E-state index contributed by atoms with van der Waals surface area (Å²) in [6.07, 6.45) is 6.65. The average molecular weight is 411 g/mol. The molecule has 1 spiro atoms. The van der Waals surface area contributed by atoms with Crippen molar-refractivity contribution in [2.24, 2.45) is 5.41 Å². The molecule has 3 aliphatic rings. The maximum absolute atomic E-state index is 13.0. The minimum Gasteiger partial charge on any atom is -0.481 e. The molecule has 1 aliphatic carbocycles. The molecule has 1 N–H and O–H groups in total. The van der Waals surface area contributed by atoms with E-state index in [0.717, 1.165) is 87.6 Å². The van der Waals surface area contributed by atoms with Crippen LogP contribution in [0.1, 0.15) is 50.2 Å². The Morgan fingerprint density at radius 3 is 2.73 bits per heavy atom. The zero-order chi connectivity index (χ0) is 20.7. The molecule has 6 nitrogen and oxygen atoms in total. The number of aryl methyl sites for hydroxylation is 1. The maximum atomic E-state index is 13.0. The molecule has 1 aromatic carbocycles. The number of rotatable bonds is 3. The van der Waals surface area contributed by atoms with Crippen molar-refractivity contribution >= 4 is 16.9 Å². The SMILES string of the molecule is CC(Oc1ccc2c3c(c(=O)oc2c1)CCCC3)C(=O)N1CCC2(CCNCC2)C1. The Kier molecular flexibility index (Phi) is 5.05. The fourth-order valence-corrected chi connectivity index (χ4v) is 5.50. The second-order valence-corrected chi connectivity index (χ2v) is 9.23. The third kappa shape index (κ3) is 3.51. The number of ether oxygens (including phenoxy) is 1. The lowest BCUT2D eigenvalue weighted by atomic mass is 9.78. The van der Waals surface area contributed by atoms with Crippen molar-refractivity contribution in [1.82, 2.24) is 10.2 Å². The standard InChI is InChI=1S/C24H30N2O4/c1-16(22(27)26-13-10-24(15-26)8-11-25-12-9-24)29-17-6-7-19-18-4-2-3-5-20(18)23(28)30-21(19)14-17/h6-7,14,16,25H,2-5,8-13,15H2,1H3. The number of carbonyl (C=O) groups excluding carboxylic acids is 1. The molecule has 1 unspecified atom stereocenters. The first kappa shape index (κ1) is 19.6. The van der Waals surface area contributed by atoms with Gasteiger partial charge in [0, 0.05) is 30.1 Å². The molecule has 2 fully saturated rings. The van der Waals surface area contributed by atoms with E-state index in [9.17, 15) is 9.59 Å². The number of nitrogens with zero attached hydrogens (tertiary/aromatic N) is 1. The van der Waals surface area contributed by atoms with E-state index in [4.69, 9.17) is 9.15 Å². The monoisotopic (exact) mass is 410 g/mol. The second kappa shape index (κ2) is 7.73. The highest BCUT2D eigenvalue weighted by Gasteiger charge is 2.41. The van der Waals surface area contributed by atoms with Gasteiger partial charge in [-0.05, 0) is 88.1 Å². The first-order valence-electron chi connectivity index (χ1n) is 11.3. The number of amides is 1. The van der Waals surface area contributed by atoms with Gasteiger partial charge in [-0.2, -0.15) is 0 Å². The number of piperidine rings is 1. The smallest absolute Gasteiger partial charge is 0.339 e. The molecule has 0 radical (unpaired) electrons. The summed E-state index contributed by atoms with van der Waals surface area (Å²) >= 11 is 0. The van der Waals surface area contributed by atoms with Crippen LogP contribution in [-0.4, -0.2) is 43.1 Å². The summed E-state index contributed by atoms with van der Waals surface area (Å²) in [7, 11) is 0. The Bertz CT molecular complexity index is 1020. The normalized spacial score (nSPS) is 21.6. The van der Waals surface area contributed by atoms with Gasteiger partial charge >= 0.3 is 5.63 Å². The summed E-state index contributed by atoms with van der Waals surface area (Å²) in [4.78, 5) is 27.3. The maximum Gasteiger partial charge on any atom is 0.339 e. The minimum atomic E-state index is -0.566. The number of hydrogen-bond acceptors (Lipinski definition) is 5. The van der Waals surface area contributed by atoms with E-state index in [2.05, 4.69) is 5.32 Å². The molecule has 1 aromatic heterocycles. The average Bonchev–Trinajstić information content (AvgIpc) is 3.17. The summed E-state index contributed by atoms with van der Waals surface area (Å²) in [6.45, 7) is 5.54. The third-order valence-corrected chi connectivity index (χ3v) is 7.27. The summed E-state index contributed by atoms with van der Waals surface area (Å²) < 4.78 is 11.6. The van der Waals surface area contributed by atoms with Gasteiger partial charge in [-0.25, -0.2) is 4.79 Å². The molecule has 5 rings (SSSR count). The number of hydrogen-bond donors (Lipinski definition) is 1. The largest absolute Gasteiger partial charge is 0.481 e. The topological polar surface area (TPSA) is 71.8 Å². The number of benzene rings is 1. The van der Waals surface area contributed by atoms with E-state index in [1.165, 1.54) is 0 Å². The Morgan fingerprint density at radius 1 is 1.17 bits per heavy atom. The van der Waals surface area contributed by atoms with E-state index >= 15 is 0 Å². The summed E-state index contributed by atoms with van der Waals surface area (Å²) in [6, 6.07) is 5.61. The lowest BCUT2D eigenvalue weighted by Crippen LogP contribution is -2.43. The van der Waals surface area contributed by atoms with Crippen molar-refractivity contribution in [2.45, 2.75) is 58.0 Å². The number of nitrogens with one attached hydrogen (secondary N) is 1. The first-order valence-corrected chi connectivity index (χ1v) is 11.3. The van der Waals surface area contributed by atoms with Gasteiger partial charge in [-0.15, -0.1) is 0 Å². The fourth-order valence-electron chi connectivity index (χ4n) is 5.50. The van der Waals surface area contributed by atoms with Crippen LogP contribution in [0.25, 0.3) is 11.0 Å². The van der Waals surface area contributed by atoms with E-state index in [1.807, 2.05) is 24.0 Å². The molecule has 2 saturated heterocycles. The van der Waals surface area contributed by atoms with Gasteiger partial charge < -0.3 is 19.4 Å². The molecule has 0 bridgehead atoms. The highest BCUT2D eigenvalue weighted by atomic mass is 16.5. The minimum absolute atomic E-state index is 0.0393. The van der Waals surface area contributed by atoms with E-state index in [-0.39, 0.29) is 16.9 Å². The molecule has 3 heterocycles. The number of likely N-dealkylation sites (tertiary alicyclic amines) is 1. The van der Waals surface area contributed by atoms with Crippen molar-refractivity contribution in [3.63, 3.8) is 0 Å². The highest BCUT2D eigenvalue weighted by Crippen LogP contribution is 2.39. The van der Waals surface area contributed by atoms with Crippen LogP contribution in [0.4, 0.5) is 0 Å². The lowest BCUT2D eigenvalue weighted by molar-refractivity contribution is -0.137. The van der Waals surface area contributed by atoms with E-state index < -0.39 is 6.10 Å². The molecule has 2 aromatic rings. The Morgan fingerprint density at radius 2 is 1.93 bits per heavy atom. The van der Waals surface area contributed by atoms with Gasteiger partial charge in [0.1, 0.15) is 11.3 Å². The zero-order valence-electron chi connectivity index (χ0n) is 17.7. The van der Waals surface area contributed by atoms with Crippen LogP contribution >= 0.6 is 0 Å². The summed E-state index contributed by atoms with van der Waals surface area (Å²) in [5.41, 5.74) is 2.54. The predicted octanol–water partition coefficient (Wildman–Crippen LogP) is 3.04. The predicted molar refractivity (Wildman–Crippen MR) is 115 cm³/mol. The lowest BCUT2D eigenvalue weighted by Gasteiger charge is -2.34. The van der Waals surface area contributed by atoms with Crippen molar-refractivity contribution in [3.8, 4) is 5.75 Å². The van der Waals surface area contributed by atoms with Gasteiger partial charge in [-0.3, -0.25) is 4.79 Å². The van der Waals surface area contributed by atoms with Gasteiger partial charge in [0.05, 0.1) is 0 Å². The van der Waals surface area contributed by atoms with Gasteiger partial charge in [0.2, 0.25) is 0 Å². The van der Waals surface area contributed by atoms with E-state index in [1.54, 1.807) is 6.07 Å².